The van der Waals surface area contributed by atoms with Crippen LogP contribution in [0.15, 0.2) is 37.1 Å². The van der Waals surface area contributed by atoms with Gasteiger partial charge in [0, 0.05) is 31.4 Å². The lowest BCUT2D eigenvalue weighted by Crippen LogP contribution is -2.40. The van der Waals surface area contributed by atoms with Crippen molar-refractivity contribution in [2.24, 2.45) is 37.7 Å². The first-order valence-electron chi connectivity index (χ1n) is 10.9. The SMILES string of the molecule is CC[C@H](CN)NS(=O)(=O)c1ccc(N2CCC(CCN)CC2)c(C2=NCN=N2)c1S(N)(=O)=O. The molecule has 2 heterocycles. The number of piperidine rings is 1. The fraction of sp³-hybridized carbons (Fsp3) is 0.632. The highest BCUT2D eigenvalue weighted by Gasteiger charge is 2.35. The summed E-state index contributed by atoms with van der Waals surface area (Å²) in [6.07, 6.45) is 3.12. The molecule has 0 bridgehead atoms. The van der Waals surface area contributed by atoms with Crippen molar-refractivity contribution in [2.45, 2.75) is 48.4 Å². The molecule has 2 aliphatic rings. The topological polar surface area (TPSA) is 199 Å². The van der Waals surface area contributed by atoms with E-state index in [1.165, 1.54) is 6.07 Å². The molecule has 33 heavy (non-hydrogen) atoms. The summed E-state index contributed by atoms with van der Waals surface area (Å²) in [6.45, 7) is 3.78. The predicted molar refractivity (Wildman–Crippen MR) is 126 cm³/mol. The van der Waals surface area contributed by atoms with E-state index in [0.29, 0.717) is 37.7 Å². The number of nitrogens with one attached hydrogen (secondary N) is 1. The van der Waals surface area contributed by atoms with Crippen LogP contribution in [0.25, 0.3) is 0 Å². The number of primary sulfonamides is 1. The van der Waals surface area contributed by atoms with Crippen LogP contribution in [-0.4, -0.2) is 61.6 Å². The highest BCUT2D eigenvalue weighted by molar-refractivity contribution is 7.92. The molecule has 1 fully saturated rings. The standard InChI is InChI=1S/C19H32N8O4S2/c1-2-14(11-21)26-33(30,31)16-4-3-15(27-9-6-13(5-8-20)7-10-27)17(18(16)32(22,28)29)19-23-12-24-25-19/h3-4,13-14,26H,2,5-12,20-21H2,1H3,(H2,22,28,29)/t14-/m1/s1. The summed E-state index contributed by atoms with van der Waals surface area (Å²) in [6, 6.07) is 2.29. The molecule has 1 atom stereocenters. The Hall–Kier alpha value is -1.97. The third kappa shape index (κ3) is 5.75. The van der Waals surface area contributed by atoms with Gasteiger partial charge in [-0.25, -0.2) is 31.7 Å². The average molecular weight is 501 g/mol. The minimum atomic E-state index is -4.49. The summed E-state index contributed by atoms with van der Waals surface area (Å²) in [5.41, 5.74) is 11.9. The Morgan fingerprint density at radius 2 is 1.88 bits per heavy atom. The van der Waals surface area contributed by atoms with E-state index in [0.717, 1.165) is 19.3 Å². The first-order valence-corrected chi connectivity index (χ1v) is 13.9. The van der Waals surface area contributed by atoms with Crippen molar-refractivity contribution in [3.05, 3.63) is 17.7 Å². The van der Waals surface area contributed by atoms with Gasteiger partial charge in [0.15, 0.2) is 12.5 Å². The second-order valence-corrected chi connectivity index (χ2v) is 11.3. The molecule has 2 aliphatic heterocycles. The van der Waals surface area contributed by atoms with Crippen molar-refractivity contribution in [1.82, 2.24) is 4.72 Å². The minimum absolute atomic E-state index is 0.0255. The van der Waals surface area contributed by atoms with E-state index in [2.05, 4.69) is 19.9 Å². The predicted octanol–water partition coefficient (Wildman–Crippen LogP) is 0.0847. The molecule has 0 radical (unpaired) electrons. The molecule has 12 nitrogen and oxygen atoms in total. The Morgan fingerprint density at radius 3 is 2.39 bits per heavy atom. The summed E-state index contributed by atoms with van der Waals surface area (Å²) >= 11 is 0. The number of rotatable bonds is 10. The van der Waals surface area contributed by atoms with Gasteiger partial charge < -0.3 is 16.4 Å². The molecule has 14 heteroatoms. The Kier molecular flexibility index (Phi) is 8.18. The van der Waals surface area contributed by atoms with Gasteiger partial charge in [0.2, 0.25) is 20.0 Å². The lowest BCUT2D eigenvalue weighted by Gasteiger charge is -2.35. The second-order valence-electron chi connectivity index (χ2n) is 8.17. The van der Waals surface area contributed by atoms with Crippen LogP contribution in [0.3, 0.4) is 0 Å². The van der Waals surface area contributed by atoms with Crippen LogP contribution in [-0.2, 0) is 20.0 Å². The normalized spacial score (nSPS) is 18.5. The monoisotopic (exact) mass is 500 g/mol. The number of azo groups is 1. The zero-order chi connectivity index (χ0) is 24.2. The number of hydrogen-bond acceptors (Lipinski definition) is 10. The van der Waals surface area contributed by atoms with Gasteiger partial charge in [-0.1, -0.05) is 6.92 Å². The van der Waals surface area contributed by atoms with Crippen molar-refractivity contribution in [3.63, 3.8) is 0 Å². The molecule has 0 spiro atoms. The van der Waals surface area contributed by atoms with Gasteiger partial charge >= 0.3 is 0 Å². The molecule has 3 rings (SSSR count). The summed E-state index contributed by atoms with van der Waals surface area (Å²) < 4.78 is 54.4. The number of nitrogens with zero attached hydrogens (tertiary/aromatic N) is 4. The maximum Gasteiger partial charge on any atom is 0.242 e. The highest BCUT2D eigenvalue weighted by Crippen LogP contribution is 2.36. The maximum atomic E-state index is 13.2. The Bertz CT molecular complexity index is 1120. The smallest absolute Gasteiger partial charge is 0.242 e. The number of amidine groups is 1. The van der Waals surface area contributed by atoms with Crippen LogP contribution >= 0.6 is 0 Å². The van der Waals surface area contributed by atoms with Crippen LogP contribution in [0.2, 0.25) is 0 Å². The van der Waals surface area contributed by atoms with Gasteiger partial charge in [-0.3, -0.25) is 0 Å². The van der Waals surface area contributed by atoms with Crippen LogP contribution in [0.1, 0.15) is 38.2 Å². The molecule has 1 aromatic rings. The molecule has 184 valence electrons. The summed E-state index contributed by atoms with van der Waals surface area (Å²) in [7, 11) is -8.75. The number of benzene rings is 1. The maximum absolute atomic E-state index is 13.2. The van der Waals surface area contributed by atoms with Crippen molar-refractivity contribution < 1.29 is 16.8 Å². The lowest BCUT2D eigenvalue weighted by molar-refractivity contribution is 0.386. The van der Waals surface area contributed by atoms with Crippen molar-refractivity contribution in [1.29, 1.82) is 0 Å². The molecule has 7 N–H and O–H groups in total. The first-order chi connectivity index (χ1) is 15.6. The van der Waals surface area contributed by atoms with E-state index < -0.39 is 35.9 Å². The van der Waals surface area contributed by atoms with E-state index >= 15 is 0 Å². The van der Waals surface area contributed by atoms with E-state index in [1.807, 2.05) is 4.90 Å². The van der Waals surface area contributed by atoms with Crippen molar-refractivity contribution in [2.75, 3.05) is 37.7 Å². The van der Waals surface area contributed by atoms with Crippen molar-refractivity contribution >= 4 is 31.6 Å². The molecule has 0 saturated carbocycles. The van der Waals surface area contributed by atoms with Gasteiger partial charge in [-0.15, -0.1) is 5.11 Å². The first kappa shape index (κ1) is 25.6. The average Bonchev–Trinajstić information content (AvgIpc) is 3.31. The van der Waals surface area contributed by atoms with Crippen LogP contribution in [0, 0.1) is 5.92 Å². The fourth-order valence-electron chi connectivity index (χ4n) is 4.16. The highest BCUT2D eigenvalue weighted by atomic mass is 32.2. The summed E-state index contributed by atoms with van der Waals surface area (Å²) in [5, 5.41) is 13.4. The van der Waals surface area contributed by atoms with Gasteiger partial charge in [0.05, 0.1) is 5.56 Å². The molecule has 0 aliphatic carbocycles. The summed E-state index contributed by atoms with van der Waals surface area (Å²) in [4.78, 5) is 5.19. The molecular weight excluding hydrogens is 468 g/mol. The van der Waals surface area contributed by atoms with Crippen molar-refractivity contribution in [3.8, 4) is 0 Å². The minimum Gasteiger partial charge on any atom is -0.371 e. The number of hydrogen-bond donors (Lipinski definition) is 4. The number of anilines is 1. The second kappa shape index (κ2) is 10.5. The number of aliphatic imine (C=N–C) groups is 1. The molecule has 0 amide bonds. The van der Waals surface area contributed by atoms with E-state index in [-0.39, 0.29) is 24.6 Å². The molecule has 1 saturated heterocycles. The third-order valence-electron chi connectivity index (χ3n) is 5.98. The largest absolute Gasteiger partial charge is 0.371 e. The van der Waals surface area contributed by atoms with Gasteiger partial charge in [-0.05, 0) is 50.3 Å². The third-order valence-corrected chi connectivity index (χ3v) is 8.66. The zero-order valence-corrected chi connectivity index (χ0v) is 20.3. The zero-order valence-electron chi connectivity index (χ0n) is 18.6. The fourth-order valence-corrected chi connectivity index (χ4v) is 7.09. The molecule has 0 unspecified atom stereocenters. The Labute approximate surface area is 194 Å². The molecule has 0 aromatic heterocycles. The Balaban J connectivity index is 2.17. The van der Waals surface area contributed by atoms with Crippen LogP contribution < -0.4 is 26.2 Å². The van der Waals surface area contributed by atoms with E-state index in [4.69, 9.17) is 16.6 Å². The molecule has 1 aromatic carbocycles. The van der Waals surface area contributed by atoms with E-state index in [1.54, 1.807) is 13.0 Å². The van der Waals surface area contributed by atoms with Gasteiger partial charge in [0.25, 0.3) is 0 Å². The van der Waals surface area contributed by atoms with E-state index in [9.17, 15) is 16.8 Å². The van der Waals surface area contributed by atoms with Gasteiger partial charge in [0.1, 0.15) is 9.79 Å². The summed E-state index contributed by atoms with van der Waals surface area (Å²) in [5.74, 6) is 0.531. The number of sulfonamides is 2. The van der Waals surface area contributed by atoms with Crippen LogP contribution in [0.5, 0.6) is 0 Å². The quantitative estimate of drug-likeness (QED) is 0.348. The lowest BCUT2D eigenvalue weighted by atomic mass is 9.93. The van der Waals surface area contributed by atoms with Gasteiger partial charge in [-0.2, -0.15) is 5.11 Å². The molecular formula is C19H32N8O4S2. The number of nitrogens with two attached hydrogens (primary N) is 3. The Morgan fingerprint density at radius 1 is 1.18 bits per heavy atom. The van der Waals surface area contributed by atoms with Crippen LogP contribution in [0.4, 0.5) is 5.69 Å².